The quantitative estimate of drug-likeness (QED) is 0.691. The van der Waals surface area contributed by atoms with Gasteiger partial charge in [0.2, 0.25) is 5.91 Å². The van der Waals surface area contributed by atoms with E-state index in [1.54, 1.807) is 0 Å². The zero-order valence-electron chi connectivity index (χ0n) is 12.2. The fourth-order valence-electron chi connectivity index (χ4n) is 1.34. The predicted molar refractivity (Wildman–Crippen MR) is 74.5 cm³/mol. The summed E-state index contributed by atoms with van der Waals surface area (Å²) in [5.41, 5.74) is 0. The van der Waals surface area contributed by atoms with Crippen LogP contribution in [0.5, 0.6) is 5.75 Å². The number of rotatable bonds is 7. The van der Waals surface area contributed by atoms with E-state index in [1.807, 2.05) is 0 Å². The van der Waals surface area contributed by atoms with Crippen LogP contribution in [0.2, 0.25) is 0 Å². The number of hydrogen-bond donors (Lipinski definition) is 2. The van der Waals surface area contributed by atoms with Crippen molar-refractivity contribution in [3.05, 3.63) is 30.1 Å². The molecule has 0 spiro atoms. The number of hydrogen-bond acceptors (Lipinski definition) is 5. The molecule has 1 aromatic carbocycles. The number of nitrogens with one attached hydrogen (secondary N) is 2. The molecule has 2 amide bonds. The smallest absolute Gasteiger partial charge is 0.347 e. The van der Waals surface area contributed by atoms with Crippen LogP contribution in [0.4, 0.5) is 4.39 Å². The molecule has 1 atom stereocenters. The van der Waals surface area contributed by atoms with Gasteiger partial charge in [0.25, 0.3) is 5.91 Å². The lowest BCUT2D eigenvalue weighted by Crippen LogP contribution is -2.38. The summed E-state index contributed by atoms with van der Waals surface area (Å²) in [6, 6.07) is 5.13. The maximum atomic E-state index is 12.7. The molecule has 0 heterocycles. The molecule has 0 aliphatic heterocycles. The van der Waals surface area contributed by atoms with Gasteiger partial charge in [-0.1, -0.05) is 0 Å². The SMILES string of the molecule is CNC(=O)CNC(=O)COC(=O)[C@@H](C)Oc1ccc(F)cc1. The molecule has 0 bridgehead atoms. The summed E-state index contributed by atoms with van der Waals surface area (Å²) in [4.78, 5) is 33.9. The zero-order valence-corrected chi connectivity index (χ0v) is 12.2. The summed E-state index contributed by atoms with van der Waals surface area (Å²) in [7, 11) is 1.43. The minimum Gasteiger partial charge on any atom is -0.479 e. The maximum Gasteiger partial charge on any atom is 0.347 e. The van der Waals surface area contributed by atoms with E-state index in [9.17, 15) is 18.8 Å². The van der Waals surface area contributed by atoms with Gasteiger partial charge in [-0.3, -0.25) is 9.59 Å². The van der Waals surface area contributed by atoms with Gasteiger partial charge in [0.15, 0.2) is 12.7 Å². The summed E-state index contributed by atoms with van der Waals surface area (Å²) >= 11 is 0. The zero-order chi connectivity index (χ0) is 16.5. The highest BCUT2D eigenvalue weighted by Crippen LogP contribution is 2.13. The van der Waals surface area contributed by atoms with Crippen molar-refractivity contribution in [3.63, 3.8) is 0 Å². The van der Waals surface area contributed by atoms with Gasteiger partial charge < -0.3 is 20.1 Å². The lowest BCUT2D eigenvalue weighted by molar-refractivity contribution is -0.154. The number of halogens is 1. The van der Waals surface area contributed by atoms with Crippen molar-refractivity contribution in [2.75, 3.05) is 20.2 Å². The van der Waals surface area contributed by atoms with Gasteiger partial charge in [-0.2, -0.15) is 0 Å². The van der Waals surface area contributed by atoms with Gasteiger partial charge in [0.05, 0.1) is 6.54 Å². The lowest BCUT2D eigenvalue weighted by atomic mass is 10.3. The van der Waals surface area contributed by atoms with Crippen LogP contribution >= 0.6 is 0 Å². The van der Waals surface area contributed by atoms with E-state index in [0.717, 1.165) is 0 Å². The van der Waals surface area contributed by atoms with Crippen molar-refractivity contribution in [2.45, 2.75) is 13.0 Å². The molecule has 0 unspecified atom stereocenters. The topological polar surface area (TPSA) is 93.7 Å². The molecule has 0 aromatic heterocycles. The molecule has 0 saturated heterocycles. The van der Waals surface area contributed by atoms with Crippen LogP contribution in [0, 0.1) is 5.82 Å². The van der Waals surface area contributed by atoms with Crippen molar-refractivity contribution in [1.29, 1.82) is 0 Å². The van der Waals surface area contributed by atoms with Crippen molar-refractivity contribution in [2.24, 2.45) is 0 Å². The van der Waals surface area contributed by atoms with E-state index in [1.165, 1.54) is 38.2 Å². The van der Waals surface area contributed by atoms with Crippen molar-refractivity contribution in [1.82, 2.24) is 10.6 Å². The van der Waals surface area contributed by atoms with E-state index < -0.39 is 30.4 Å². The first-order chi connectivity index (χ1) is 10.4. The molecule has 0 aliphatic carbocycles. The molecule has 1 aromatic rings. The average molecular weight is 312 g/mol. The number of benzene rings is 1. The molecular weight excluding hydrogens is 295 g/mol. The summed E-state index contributed by atoms with van der Waals surface area (Å²) < 4.78 is 22.7. The van der Waals surface area contributed by atoms with Gasteiger partial charge in [-0.25, -0.2) is 9.18 Å². The van der Waals surface area contributed by atoms with Crippen LogP contribution in [0.3, 0.4) is 0 Å². The van der Waals surface area contributed by atoms with Crippen molar-refractivity contribution in [3.8, 4) is 5.75 Å². The Morgan fingerprint density at radius 1 is 1.18 bits per heavy atom. The Bertz CT molecular complexity index is 533. The molecule has 1 rings (SSSR count). The lowest BCUT2D eigenvalue weighted by Gasteiger charge is -2.13. The first-order valence-corrected chi connectivity index (χ1v) is 6.48. The minimum atomic E-state index is -0.961. The number of carbonyl (C=O) groups excluding carboxylic acids is 3. The van der Waals surface area contributed by atoms with Crippen LogP contribution in [-0.4, -0.2) is 44.1 Å². The number of ether oxygens (including phenoxy) is 2. The fraction of sp³-hybridized carbons (Fsp3) is 0.357. The van der Waals surface area contributed by atoms with Crippen LogP contribution in [-0.2, 0) is 19.1 Å². The number of likely N-dealkylation sites (N-methyl/N-ethyl adjacent to an activating group) is 1. The third kappa shape index (κ3) is 6.21. The molecule has 8 heteroatoms. The molecule has 0 saturated carbocycles. The Morgan fingerprint density at radius 2 is 1.82 bits per heavy atom. The molecule has 7 nitrogen and oxygen atoms in total. The number of carbonyl (C=O) groups is 3. The normalized spacial score (nSPS) is 11.2. The predicted octanol–water partition coefficient (Wildman–Crippen LogP) is -0.00160. The molecule has 0 radical (unpaired) electrons. The second kappa shape index (κ2) is 8.60. The third-order valence-corrected chi connectivity index (χ3v) is 2.53. The van der Waals surface area contributed by atoms with Crippen LogP contribution in [0.15, 0.2) is 24.3 Å². The first-order valence-electron chi connectivity index (χ1n) is 6.48. The number of amides is 2. The molecule has 0 aliphatic rings. The summed E-state index contributed by atoms with van der Waals surface area (Å²) in [6.07, 6.45) is -0.961. The Hall–Kier alpha value is -2.64. The second-order valence-corrected chi connectivity index (χ2v) is 4.27. The maximum absolute atomic E-state index is 12.7. The van der Waals surface area contributed by atoms with E-state index in [2.05, 4.69) is 10.6 Å². The summed E-state index contributed by atoms with van der Waals surface area (Å²) in [6.45, 7) is 0.718. The monoisotopic (exact) mass is 312 g/mol. The van der Waals surface area contributed by atoms with Gasteiger partial charge in [0, 0.05) is 7.05 Å². The van der Waals surface area contributed by atoms with Crippen LogP contribution in [0.1, 0.15) is 6.92 Å². The van der Waals surface area contributed by atoms with Gasteiger partial charge in [-0.05, 0) is 31.2 Å². The van der Waals surface area contributed by atoms with Crippen molar-refractivity contribution < 1.29 is 28.2 Å². The highest BCUT2D eigenvalue weighted by molar-refractivity contribution is 5.86. The Kier molecular flexibility index (Phi) is 6.81. The third-order valence-electron chi connectivity index (χ3n) is 2.53. The summed E-state index contributed by atoms with van der Waals surface area (Å²) in [5, 5.41) is 4.60. The highest BCUT2D eigenvalue weighted by atomic mass is 19.1. The van der Waals surface area contributed by atoms with E-state index in [0.29, 0.717) is 5.75 Å². The average Bonchev–Trinajstić information content (AvgIpc) is 2.52. The Morgan fingerprint density at radius 3 is 2.41 bits per heavy atom. The second-order valence-electron chi connectivity index (χ2n) is 4.27. The number of esters is 1. The van der Waals surface area contributed by atoms with Gasteiger partial charge >= 0.3 is 5.97 Å². The van der Waals surface area contributed by atoms with Gasteiger partial charge in [0.1, 0.15) is 11.6 Å². The van der Waals surface area contributed by atoms with E-state index >= 15 is 0 Å². The molecule has 22 heavy (non-hydrogen) atoms. The standard InChI is InChI=1S/C14H17FN2O5/c1-9(22-11-5-3-10(15)4-6-11)14(20)21-8-13(19)17-7-12(18)16-2/h3-6,9H,7-8H2,1-2H3,(H,16,18)(H,17,19)/t9-/m1/s1. The van der Waals surface area contributed by atoms with Crippen LogP contribution < -0.4 is 15.4 Å². The van der Waals surface area contributed by atoms with E-state index in [-0.39, 0.29) is 12.5 Å². The molecule has 0 fully saturated rings. The summed E-state index contributed by atoms with van der Waals surface area (Å²) in [5.74, 6) is -1.84. The molecule has 2 N–H and O–H groups in total. The highest BCUT2D eigenvalue weighted by Gasteiger charge is 2.18. The molecule has 120 valence electrons. The van der Waals surface area contributed by atoms with Gasteiger partial charge in [-0.15, -0.1) is 0 Å². The fourth-order valence-corrected chi connectivity index (χ4v) is 1.34. The molecular formula is C14H17FN2O5. The largest absolute Gasteiger partial charge is 0.479 e. The van der Waals surface area contributed by atoms with E-state index in [4.69, 9.17) is 9.47 Å². The van der Waals surface area contributed by atoms with Crippen LogP contribution in [0.25, 0.3) is 0 Å². The first kappa shape index (κ1) is 17.4. The minimum absolute atomic E-state index is 0.200. The Labute approximate surface area is 126 Å². The van der Waals surface area contributed by atoms with Crippen molar-refractivity contribution >= 4 is 17.8 Å². The Balaban J connectivity index is 2.33.